The fourth-order valence-corrected chi connectivity index (χ4v) is 4.86. The molecule has 0 aromatic carbocycles. The van der Waals surface area contributed by atoms with E-state index in [0.29, 0.717) is 0 Å². The molecule has 0 heterocycles. The molecule has 0 saturated heterocycles. The normalized spacial score (nSPS) is 5.03. The van der Waals surface area contributed by atoms with Crippen LogP contribution in [-0.4, -0.2) is 11.2 Å². The lowest BCUT2D eigenvalue weighted by atomic mass is 10.0. The molecule has 0 saturated carbocycles. The van der Waals surface area contributed by atoms with Crippen molar-refractivity contribution in [3.63, 3.8) is 0 Å². The predicted octanol–water partition coefficient (Wildman–Crippen LogP) is 6.64. The summed E-state index contributed by atoms with van der Waals surface area (Å²) < 4.78 is 0. The van der Waals surface area contributed by atoms with Crippen molar-refractivity contribution in [1.82, 2.24) is 0 Å². The second kappa shape index (κ2) is 116. The minimum atomic E-state index is -0.0509. The van der Waals surface area contributed by atoms with Crippen LogP contribution in [-0.2, 0) is 0 Å². The SMILES string of the molecule is CC#CC#CC#CC#CC#CC#CC#CC#CC#CC#CC#CC#CC#CC#CC#CC#CC#CC#CC#CC#CC#CC#CC#CC#CC#CC#CC#CC#CC#CC.CC#CC#CC#CC#CC#CC#CC#CC#CC#CC#CC#CC#CC#CC#CC#CC#CC#CC#CC#CC#CC#CC#CC#CC#CC#CC#CC#CC#CC#CC.CCCC(C)CC.CCCC(O)CC. The van der Waals surface area contributed by atoms with Gasteiger partial charge in [-0.2, -0.15) is 0 Å². The molecule has 2 atom stereocenters. The Morgan fingerprint density at radius 3 is 0.231 bits per heavy atom. The maximum absolute atomic E-state index is 8.86. The average Bonchev–Trinajstić information content (AvgIpc) is 1.08. The van der Waals surface area contributed by atoms with Crippen molar-refractivity contribution in [2.45, 2.75) is 107 Å². The Morgan fingerprint density at radius 2 is 0.194 bits per heavy atom. The molecule has 0 radical (unpaired) electrons. The van der Waals surface area contributed by atoms with Gasteiger partial charge in [-0.3, -0.25) is 0 Å². The molecule has 580 valence electrons. The van der Waals surface area contributed by atoms with Crippen LogP contribution in [0.2, 0.25) is 0 Å². The van der Waals surface area contributed by atoms with Gasteiger partial charge in [0.1, 0.15) is 0 Å². The molecule has 0 aliphatic heterocycles. The Hall–Kier alpha value is -25.6. The van der Waals surface area contributed by atoms with Gasteiger partial charge in [-0.15, -0.1) is 0 Å². The summed E-state index contributed by atoms with van der Waals surface area (Å²) in [5, 5.41) is 8.86. The maximum Gasteiger partial charge on any atom is 0.0537 e. The molecule has 134 heavy (non-hydrogen) atoms. The van der Waals surface area contributed by atoms with Crippen LogP contribution in [0.4, 0.5) is 0 Å². The summed E-state index contributed by atoms with van der Waals surface area (Å²) in [6.07, 6.45) is 6.98. The van der Waals surface area contributed by atoms with Gasteiger partial charge in [-0.25, -0.2) is 0 Å². The van der Waals surface area contributed by atoms with Gasteiger partial charge in [0.25, 0.3) is 0 Å². The quantitative estimate of drug-likeness (QED) is 0.297. The molecule has 1 N–H and O–H groups in total. The highest BCUT2D eigenvalue weighted by Gasteiger charge is 1.95. The van der Waals surface area contributed by atoms with Gasteiger partial charge in [0.2, 0.25) is 0 Å². The van der Waals surface area contributed by atoms with E-state index < -0.39 is 0 Å². The topological polar surface area (TPSA) is 20.2 Å². The number of aliphatic hydroxyl groups is 1. The zero-order valence-corrected chi connectivity index (χ0v) is 72.8. The van der Waals surface area contributed by atoms with Crippen molar-refractivity contribution < 1.29 is 5.11 Å². The average molecular weight is 1660 g/mol. The zero-order valence-electron chi connectivity index (χ0n) is 72.8. The molecular formula is C133H42O. The lowest BCUT2D eigenvalue weighted by Gasteiger charge is -2.02. The summed E-state index contributed by atoms with van der Waals surface area (Å²) in [5.74, 6) is 292. The third-order valence-electron chi connectivity index (χ3n) is 9.95. The van der Waals surface area contributed by atoms with Crippen molar-refractivity contribution in [3.8, 4) is 687 Å². The van der Waals surface area contributed by atoms with Gasteiger partial charge in [0, 0.05) is 474 Å². The molecule has 0 aliphatic carbocycles. The number of aliphatic hydroxyl groups excluding tert-OH is 1. The highest BCUT2D eigenvalue weighted by atomic mass is 16.3. The van der Waals surface area contributed by atoms with Crippen molar-refractivity contribution in [3.05, 3.63) is 0 Å². The fraction of sp³-hybridized carbons (Fsp3) is 0.128. The first-order valence-corrected chi connectivity index (χ1v) is 36.8. The summed E-state index contributed by atoms with van der Waals surface area (Å²) >= 11 is 0. The number of hydrogen-bond donors (Lipinski definition) is 1. The summed E-state index contributed by atoms with van der Waals surface area (Å²) in [6.45, 7) is 17.6. The van der Waals surface area contributed by atoms with Crippen LogP contribution in [0.3, 0.4) is 0 Å². The van der Waals surface area contributed by atoms with Crippen molar-refractivity contribution in [1.29, 1.82) is 0 Å². The van der Waals surface area contributed by atoms with E-state index in [1.807, 2.05) is 6.92 Å². The Labute approximate surface area is 799 Å². The van der Waals surface area contributed by atoms with Crippen LogP contribution >= 0.6 is 0 Å². The molecule has 0 aliphatic rings. The first-order chi connectivity index (χ1) is 66.4. The highest BCUT2D eigenvalue weighted by molar-refractivity contribution is 5.57. The highest BCUT2D eigenvalue weighted by Crippen LogP contribution is 2.07. The summed E-state index contributed by atoms with van der Waals surface area (Å²) in [6, 6.07) is 0. The minimum absolute atomic E-state index is 0.0509. The molecule has 0 aromatic heterocycles. The molecule has 2 unspecified atom stereocenters. The molecule has 0 fully saturated rings. The third kappa shape index (κ3) is 122. The van der Waals surface area contributed by atoms with Crippen LogP contribution in [0.5, 0.6) is 0 Å². The first-order valence-electron chi connectivity index (χ1n) is 36.8. The number of hydrogen-bond acceptors (Lipinski definition) is 1. The standard InChI is InChI=1S/2C60H6.C7H16.C6H14O/c2*1-3-5-7-9-11-13-15-17-19-21-23-25-27-29-31-33-35-37-39-41-43-45-47-49-51-53-55-57-59-60-58-56-54-52-50-48-46-44-42-40-38-36-34-32-30-28-26-24-22-20-18-16-14-12-10-8-6-4-2;1-4-6-7(3)5-2;1-3-5-6(7)4-2/h2*1-2H3;7H,4-6H2,1-3H3;6-7H,3-5H2,1-2H3. The van der Waals surface area contributed by atoms with Gasteiger partial charge in [0.05, 0.1) is 6.10 Å². The van der Waals surface area contributed by atoms with Crippen molar-refractivity contribution >= 4 is 0 Å². The summed E-state index contributed by atoms with van der Waals surface area (Å²) in [5.41, 5.74) is 0. The predicted molar refractivity (Wildman–Crippen MR) is 539 cm³/mol. The van der Waals surface area contributed by atoms with Gasteiger partial charge in [-0.05, 0) is 236 Å². The Balaban J connectivity index is -0.00000110. The molecule has 1 nitrogen and oxygen atoms in total. The van der Waals surface area contributed by atoms with Gasteiger partial charge < -0.3 is 5.11 Å². The first kappa shape index (κ1) is 115. The van der Waals surface area contributed by atoms with E-state index in [1.54, 1.807) is 27.7 Å². The van der Waals surface area contributed by atoms with Crippen molar-refractivity contribution in [2.75, 3.05) is 0 Å². The summed E-state index contributed by atoms with van der Waals surface area (Å²) in [4.78, 5) is 0. The van der Waals surface area contributed by atoms with E-state index in [9.17, 15) is 0 Å². The van der Waals surface area contributed by atoms with E-state index in [2.05, 4.69) is 714 Å². The molecule has 0 spiro atoms. The summed E-state index contributed by atoms with van der Waals surface area (Å²) in [7, 11) is 0. The van der Waals surface area contributed by atoms with E-state index >= 15 is 0 Å². The molecule has 0 rings (SSSR count). The monoisotopic (exact) mass is 1650 g/mol. The van der Waals surface area contributed by atoms with Gasteiger partial charge in [0.15, 0.2) is 0 Å². The largest absolute Gasteiger partial charge is 0.393 e. The van der Waals surface area contributed by atoms with Crippen LogP contribution in [0.1, 0.15) is 101 Å². The second-order valence-electron chi connectivity index (χ2n) is 19.2. The van der Waals surface area contributed by atoms with E-state index in [1.165, 1.54) is 19.3 Å². The Morgan fingerprint density at radius 1 is 0.119 bits per heavy atom. The molecule has 0 aromatic rings. The maximum atomic E-state index is 8.86. The van der Waals surface area contributed by atoms with Gasteiger partial charge in [-0.1, -0.05) is 84.0 Å². The third-order valence-corrected chi connectivity index (χ3v) is 9.95. The molecule has 1 heteroatoms. The van der Waals surface area contributed by atoms with Crippen LogP contribution in [0.25, 0.3) is 0 Å². The van der Waals surface area contributed by atoms with Crippen LogP contribution in [0, 0.1) is 693 Å². The fourth-order valence-electron chi connectivity index (χ4n) is 4.86. The van der Waals surface area contributed by atoms with E-state index in [0.717, 1.165) is 25.2 Å². The van der Waals surface area contributed by atoms with E-state index in [-0.39, 0.29) is 6.10 Å². The van der Waals surface area contributed by atoms with Gasteiger partial charge >= 0.3 is 0 Å². The second-order valence-corrected chi connectivity index (χ2v) is 19.2. The zero-order chi connectivity index (χ0) is 97.4. The number of rotatable bonds is 6. The Kier molecular flexibility index (Phi) is 99.3. The molecule has 0 amide bonds. The van der Waals surface area contributed by atoms with Crippen LogP contribution in [0.15, 0.2) is 0 Å². The molecule has 0 bridgehead atoms. The van der Waals surface area contributed by atoms with Crippen LogP contribution < -0.4 is 0 Å². The lowest BCUT2D eigenvalue weighted by molar-refractivity contribution is 0.159. The lowest BCUT2D eigenvalue weighted by Crippen LogP contribution is -2.01. The smallest absolute Gasteiger partial charge is 0.0537 e. The Bertz CT molecular complexity index is 7810. The van der Waals surface area contributed by atoms with E-state index in [4.69, 9.17) is 5.11 Å². The minimum Gasteiger partial charge on any atom is -0.393 e. The van der Waals surface area contributed by atoms with Crippen molar-refractivity contribution in [2.24, 2.45) is 5.92 Å². The molecular weight excluding hydrogens is 1610 g/mol.